The highest BCUT2D eigenvalue weighted by Gasteiger charge is 2.31. The highest BCUT2D eigenvalue weighted by Crippen LogP contribution is 2.20. The predicted octanol–water partition coefficient (Wildman–Crippen LogP) is 0.802. The first-order chi connectivity index (χ1) is 15.4. The van der Waals surface area contributed by atoms with Crippen LogP contribution in [-0.2, 0) is 26.0 Å². The number of hydrogen-bond acceptors (Lipinski definition) is 7. The van der Waals surface area contributed by atoms with Gasteiger partial charge in [0.15, 0.2) is 0 Å². The van der Waals surface area contributed by atoms with Gasteiger partial charge in [-0.1, -0.05) is 12.2 Å². The third kappa shape index (κ3) is 6.60. The monoisotopic (exact) mass is 461 g/mol. The Morgan fingerprint density at radius 2 is 1.88 bits per heavy atom. The van der Waals surface area contributed by atoms with Crippen LogP contribution in [0.2, 0.25) is 0 Å². The number of aromatic nitrogens is 1. The predicted molar refractivity (Wildman–Crippen MR) is 118 cm³/mol. The molecule has 9 nitrogen and oxygen atoms in total. The molecule has 1 aliphatic rings. The van der Waals surface area contributed by atoms with Crippen molar-refractivity contribution >= 4 is 15.9 Å². The number of amides is 1. The molecule has 32 heavy (non-hydrogen) atoms. The first-order valence-electron chi connectivity index (χ1n) is 10.2. The molecular weight excluding hydrogens is 434 g/mol. The number of nitrogens with one attached hydrogen (secondary N) is 2. The van der Waals surface area contributed by atoms with Gasteiger partial charge < -0.3 is 19.9 Å². The van der Waals surface area contributed by atoms with E-state index in [4.69, 9.17) is 9.47 Å². The lowest BCUT2D eigenvalue weighted by Crippen LogP contribution is -2.49. The van der Waals surface area contributed by atoms with Gasteiger partial charge in [0, 0.05) is 18.9 Å². The van der Waals surface area contributed by atoms with Crippen LogP contribution < -0.4 is 14.8 Å². The number of benzene rings is 1. The zero-order valence-electron chi connectivity index (χ0n) is 17.7. The van der Waals surface area contributed by atoms with Crippen molar-refractivity contribution < 1.29 is 27.8 Å². The number of aliphatic hydroxyl groups is 1. The molecule has 0 fully saturated rings. The van der Waals surface area contributed by atoms with Crippen LogP contribution in [0.1, 0.15) is 12.0 Å². The third-order valence-electron chi connectivity index (χ3n) is 5.00. The number of ether oxygens (including phenoxy) is 2. The van der Waals surface area contributed by atoms with E-state index in [1.54, 1.807) is 36.7 Å². The van der Waals surface area contributed by atoms with Crippen LogP contribution in [-0.4, -0.2) is 62.9 Å². The maximum atomic E-state index is 12.7. The molecule has 0 bridgehead atoms. The van der Waals surface area contributed by atoms with E-state index in [2.05, 4.69) is 15.0 Å². The van der Waals surface area contributed by atoms with Gasteiger partial charge in [-0.15, -0.1) is 0 Å². The summed E-state index contributed by atoms with van der Waals surface area (Å²) in [6.45, 7) is 0.0767. The topological polar surface area (TPSA) is 127 Å². The molecular formula is C22H27N3O6S. The van der Waals surface area contributed by atoms with Crippen molar-refractivity contribution in [2.75, 3.05) is 20.3 Å². The lowest BCUT2D eigenvalue weighted by molar-refractivity contribution is -0.125. The molecule has 1 amide bonds. The molecule has 0 unspecified atom stereocenters. The molecule has 0 aliphatic carbocycles. The zero-order valence-corrected chi connectivity index (χ0v) is 18.5. The fourth-order valence-corrected chi connectivity index (χ4v) is 4.48. The molecule has 3 atom stereocenters. The summed E-state index contributed by atoms with van der Waals surface area (Å²) in [5.74, 6) is 0.350. The highest BCUT2D eigenvalue weighted by molar-refractivity contribution is 7.89. The fraction of sp³-hybridized carbons (Fsp3) is 0.364. The summed E-state index contributed by atoms with van der Waals surface area (Å²) in [5.41, 5.74) is 1.07. The molecule has 3 rings (SSSR count). The number of carbonyl (C=O) groups is 1. The molecule has 10 heteroatoms. The van der Waals surface area contributed by atoms with Gasteiger partial charge in [-0.25, -0.2) is 13.1 Å². The maximum absolute atomic E-state index is 12.7. The summed E-state index contributed by atoms with van der Waals surface area (Å²) in [6, 6.07) is 8.97. The molecule has 0 saturated carbocycles. The van der Waals surface area contributed by atoms with E-state index >= 15 is 0 Å². The lowest BCUT2D eigenvalue weighted by atomic mass is 10.1. The number of carbonyl (C=O) groups excluding carboxylic acids is 1. The summed E-state index contributed by atoms with van der Waals surface area (Å²) in [4.78, 5) is 16.2. The van der Waals surface area contributed by atoms with E-state index in [9.17, 15) is 18.3 Å². The Labute approximate surface area is 187 Å². The second-order valence-corrected chi connectivity index (χ2v) is 8.98. The molecule has 1 aliphatic heterocycles. The number of aliphatic hydroxyl groups excluding tert-OH is 1. The smallest absolute Gasteiger partial charge is 0.241 e. The molecule has 1 aromatic heterocycles. The second kappa shape index (κ2) is 11.2. The van der Waals surface area contributed by atoms with Crippen LogP contribution in [0.25, 0.3) is 0 Å². The molecule has 0 radical (unpaired) electrons. The minimum absolute atomic E-state index is 0.0686. The molecule has 1 aromatic carbocycles. The van der Waals surface area contributed by atoms with Gasteiger partial charge in [-0.2, -0.15) is 0 Å². The molecule has 172 valence electrons. The van der Waals surface area contributed by atoms with Gasteiger partial charge in [0.2, 0.25) is 15.9 Å². The van der Waals surface area contributed by atoms with Crippen LogP contribution >= 0.6 is 0 Å². The van der Waals surface area contributed by atoms with Crippen molar-refractivity contribution in [1.29, 1.82) is 0 Å². The molecule has 0 spiro atoms. The number of sulfonamides is 1. The average molecular weight is 462 g/mol. The van der Waals surface area contributed by atoms with Crippen molar-refractivity contribution in [3.8, 4) is 5.75 Å². The lowest BCUT2D eigenvalue weighted by Gasteiger charge is -2.31. The summed E-state index contributed by atoms with van der Waals surface area (Å²) in [5, 5.41) is 12.5. The van der Waals surface area contributed by atoms with Crippen molar-refractivity contribution in [3.05, 3.63) is 66.5 Å². The zero-order chi connectivity index (χ0) is 23.0. The Morgan fingerprint density at radius 3 is 2.53 bits per heavy atom. The van der Waals surface area contributed by atoms with E-state index < -0.39 is 34.9 Å². The summed E-state index contributed by atoms with van der Waals surface area (Å²) >= 11 is 0. The molecule has 2 aromatic rings. The van der Waals surface area contributed by atoms with Crippen LogP contribution in [0.5, 0.6) is 5.75 Å². The number of rotatable bonds is 10. The van der Waals surface area contributed by atoms with Crippen molar-refractivity contribution in [2.45, 2.75) is 36.0 Å². The van der Waals surface area contributed by atoms with Gasteiger partial charge in [0.1, 0.15) is 11.9 Å². The van der Waals surface area contributed by atoms with Gasteiger partial charge in [0.05, 0.1) is 37.2 Å². The number of methoxy groups -OCH3 is 1. The Bertz CT molecular complexity index is 1010. The van der Waals surface area contributed by atoms with Gasteiger partial charge in [-0.05, 0) is 48.4 Å². The maximum Gasteiger partial charge on any atom is 0.241 e. The Hall–Kier alpha value is -2.79. The van der Waals surface area contributed by atoms with E-state index in [1.807, 2.05) is 12.1 Å². The second-order valence-electron chi connectivity index (χ2n) is 7.26. The first kappa shape index (κ1) is 23.9. The SMILES string of the molecule is COc1ccc(S(=O)(=O)N[C@H]2C=C[C@@H](CC(=O)NCCc3ccncc3)O[C@H]2CO)cc1. The van der Waals surface area contributed by atoms with Gasteiger partial charge in [-0.3, -0.25) is 9.78 Å². The molecule has 3 N–H and O–H groups in total. The summed E-state index contributed by atoms with van der Waals surface area (Å²) in [6.07, 6.45) is 6.03. The van der Waals surface area contributed by atoms with Crippen molar-refractivity contribution in [1.82, 2.24) is 15.0 Å². The third-order valence-corrected chi connectivity index (χ3v) is 6.47. The normalized spacial score (nSPS) is 20.6. The number of hydrogen-bond donors (Lipinski definition) is 3. The van der Waals surface area contributed by atoms with E-state index in [0.29, 0.717) is 18.7 Å². The van der Waals surface area contributed by atoms with Crippen LogP contribution in [0.15, 0.2) is 65.8 Å². The van der Waals surface area contributed by atoms with E-state index in [-0.39, 0.29) is 17.2 Å². The summed E-state index contributed by atoms with van der Waals surface area (Å²) < 4.78 is 38.7. The first-order valence-corrected chi connectivity index (χ1v) is 11.7. The Balaban J connectivity index is 1.53. The Kier molecular flexibility index (Phi) is 8.34. The fourth-order valence-electron chi connectivity index (χ4n) is 3.26. The van der Waals surface area contributed by atoms with Crippen molar-refractivity contribution in [3.63, 3.8) is 0 Å². The number of nitrogens with zero attached hydrogens (tertiary/aromatic N) is 1. The van der Waals surface area contributed by atoms with Crippen LogP contribution in [0.3, 0.4) is 0 Å². The van der Waals surface area contributed by atoms with Gasteiger partial charge in [0.25, 0.3) is 0 Å². The quantitative estimate of drug-likeness (QED) is 0.447. The van der Waals surface area contributed by atoms with Crippen LogP contribution in [0.4, 0.5) is 0 Å². The van der Waals surface area contributed by atoms with E-state index in [0.717, 1.165) is 5.56 Å². The minimum Gasteiger partial charge on any atom is -0.497 e. The van der Waals surface area contributed by atoms with Crippen LogP contribution in [0, 0.1) is 0 Å². The number of pyridine rings is 1. The highest BCUT2D eigenvalue weighted by atomic mass is 32.2. The van der Waals surface area contributed by atoms with Gasteiger partial charge >= 0.3 is 0 Å². The average Bonchev–Trinajstić information content (AvgIpc) is 2.80. The van der Waals surface area contributed by atoms with E-state index in [1.165, 1.54) is 19.2 Å². The minimum atomic E-state index is -3.84. The molecule has 0 saturated heterocycles. The van der Waals surface area contributed by atoms with Crippen molar-refractivity contribution in [2.24, 2.45) is 0 Å². The largest absolute Gasteiger partial charge is 0.497 e. The Morgan fingerprint density at radius 1 is 1.16 bits per heavy atom. The summed E-state index contributed by atoms with van der Waals surface area (Å²) in [7, 11) is -2.34. The standard InChI is InChI=1S/C22H27N3O6S/c1-30-17-2-5-19(6-3-17)32(28,29)25-20-7-4-18(31-21(20)15-26)14-22(27)24-13-10-16-8-11-23-12-9-16/h2-9,11-12,18,20-21,25-26H,10,13-15H2,1H3,(H,24,27)/t18-,20-,21-/m0/s1. The molecule has 2 heterocycles.